The van der Waals surface area contributed by atoms with E-state index < -0.39 is 12.0 Å². The van der Waals surface area contributed by atoms with Crippen LogP contribution in [0.25, 0.3) is 0 Å². The highest BCUT2D eigenvalue weighted by Gasteiger charge is 2.41. The minimum absolute atomic E-state index is 0.0213. The van der Waals surface area contributed by atoms with E-state index >= 15 is 0 Å². The maximum absolute atomic E-state index is 12.8. The molecule has 0 bridgehead atoms. The highest BCUT2D eigenvalue weighted by molar-refractivity contribution is 8.14. The van der Waals surface area contributed by atoms with E-state index in [-0.39, 0.29) is 12.5 Å². The van der Waals surface area contributed by atoms with Gasteiger partial charge in [-0.15, -0.1) is 0 Å². The minimum atomic E-state index is -0.517. The predicted octanol–water partition coefficient (Wildman–Crippen LogP) is 4.19. The first-order valence-electron chi connectivity index (χ1n) is 9.06. The Labute approximate surface area is 164 Å². The first-order chi connectivity index (χ1) is 12.9. The normalized spacial score (nSPS) is 19.7. The van der Waals surface area contributed by atoms with Crippen LogP contribution in [-0.2, 0) is 14.3 Å². The van der Waals surface area contributed by atoms with E-state index in [0.29, 0.717) is 34.5 Å². The summed E-state index contributed by atoms with van der Waals surface area (Å²) in [4.78, 5) is 31.7. The maximum Gasteiger partial charge on any atom is 0.338 e. The summed E-state index contributed by atoms with van der Waals surface area (Å²) in [5, 5.41) is 0.655. The van der Waals surface area contributed by atoms with Crippen molar-refractivity contribution in [2.45, 2.75) is 39.2 Å². The molecule has 1 aromatic carbocycles. The second-order valence-electron chi connectivity index (χ2n) is 6.87. The lowest BCUT2D eigenvalue weighted by atomic mass is 9.92. The molecule has 1 atom stereocenters. The van der Waals surface area contributed by atoms with Gasteiger partial charge in [-0.25, -0.2) is 9.79 Å². The van der Waals surface area contributed by atoms with Crippen molar-refractivity contribution >= 4 is 28.8 Å². The van der Waals surface area contributed by atoms with Gasteiger partial charge in [0.1, 0.15) is 6.61 Å². The van der Waals surface area contributed by atoms with Gasteiger partial charge < -0.3 is 4.74 Å². The Balaban J connectivity index is 2.08. The van der Waals surface area contributed by atoms with Crippen LogP contribution in [0.4, 0.5) is 0 Å². The molecule has 1 aromatic rings. The topological polar surface area (TPSA) is 59.0 Å². The predicted molar refractivity (Wildman–Crippen MR) is 108 cm³/mol. The Hall–Kier alpha value is -2.34. The van der Waals surface area contributed by atoms with Gasteiger partial charge in [0.25, 0.3) is 0 Å². The molecule has 0 N–H and O–H groups in total. The summed E-state index contributed by atoms with van der Waals surface area (Å²) < 4.78 is 5.30. The van der Waals surface area contributed by atoms with E-state index in [4.69, 9.17) is 4.74 Å². The highest BCUT2D eigenvalue weighted by Crippen LogP contribution is 2.40. The van der Waals surface area contributed by atoms with Crippen molar-refractivity contribution in [3.8, 4) is 0 Å². The van der Waals surface area contributed by atoms with Gasteiger partial charge in [-0.1, -0.05) is 62.5 Å². The van der Waals surface area contributed by atoms with Crippen LogP contribution in [0, 0.1) is 0 Å². The third-order valence-corrected chi connectivity index (χ3v) is 5.63. The molecule has 6 heteroatoms. The Bertz CT molecular complexity index is 824. The number of hydrogen-bond acceptors (Lipinski definition) is 5. The largest absolute Gasteiger partial charge is 0.458 e. The smallest absolute Gasteiger partial charge is 0.338 e. The van der Waals surface area contributed by atoms with Crippen LogP contribution in [0.1, 0.15) is 50.3 Å². The van der Waals surface area contributed by atoms with Gasteiger partial charge >= 0.3 is 5.97 Å². The summed E-state index contributed by atoms with van der Waals surface area (Å²) in [6.07, 6.45) is 1.96. The molecule has 0 aromatic heterocycles. The minimum Gasteiger partial charge on any atom is -0.458 e. The molecular weight excluding hydrogens is 360 g/mol. The van der Waals surface area contributed by atoms with Crippen molar-refractivity contribution in [1.29, 1.82) is 0 Å². The summed E-state index contributed by atoms with van der Waals surface area (Å²) in [5.74, 6) is 0.629. The molecule has 0 aliphatic carbocycles. The van der Waals surface area contributed by atoms with Crippen LogP contribution < -0.4 is 0 Å². The number of rotatable bonds is 5. The van der Waals surface area contributed by atoms with Gasteiger partial charge in [0.15, 0.2) is 5.17 Å². The molecule has 1 saturated heterocycles. The van der Waals surface area contributed by atoms with Gasteiger partial charge in [0.05, 0.1) is 17.3 Å². The van der Waals surface area contributed by atoms with E-state index in [1.54, 1.807) is 23.6 Å². The van der Waals surface area contributed by atoms with E-state index in [0.717, 1.165) is 5.56 Å². The van der Waals surface area contributed by atoms with Gasteiger partial charge in [-0.05, 0) is 24.0 Å². The van der Waals surface area contributed by atoms with Crippen molar-refractivity contribution in [3.63, 3.8) is 0 Å². The molecule has 2 heterocycles. The van der Waals surface area contributed by atoms with Gasteiger partial charge in [0.2, 0.25) is 5.91 Å². The Morgan fingerprint density at radius 1 is 1.41 bits per heavy atom. The van der Waals surface area contributed by atoms with Crippen molar-refractivity contribution in [2.24, 2.45) is 4.99 Å². The fourth-order valence-electron chi connectivity index (χ4n) is 3.25. The third kappa shape index (κ3) is 3.86. The molecule has 0 saturated carbocycles. The van der Waals surface area contributed by atoms with E-state index in [1.807, 2.05) is 12.1 Å². The zero-order chi connectivity index (χ0) is 19.6. The summed E-state index contributed by atoms with van der Waals surface area (Å²) in [6.45, 7) is 9.77. The molecule has 27 heavy (non-hydrogen) atoms. The number of amidine groups is 1. The molecule has 1 fully saturated rings. The number of carbonyl (C=O) groups is 2. The SMILES string of the molecule is C=CCOC(=O)C1=C(C)N=C2SCCC(=O)N2[C@@H]1c1ccc(C(C)C)cc1. The van der Waals surface area contributed by atoms with Crippen LogP contribution in [0.2, 0.25) is 0 Å². The zero-order valence-electron chi connectivity index (χ0n) is 15.9. The van der Waals surface area contributed by atoms with Crippen LogP contribution in [0.3, 0.4) is 0 Å². The van der Waals surface area contributed by atoms with E-state index in [2.05, 4.69) is 37.6 Å². The first-order valence-corrected chi connectivity index (χ1v) is 10.0. The molecule has 2 aliphatic rings. The average Bonchev–Trinajstić information content (AvgIpc) is 2.65. The molecule has 3 rings (SSSR count). The average molecular weight is 385 g/mol. The van der Waals surface area contributed by atoms with Gasteiger partial charge in [-0.2, -0.15) is 0 Å². The maximum atomic E-state index is 12.8. The summed E-state index contributed by atoms with van der Waals surface area (Å²) in [7, 11) is 0. The third-order valence-electron chi connectivity index (χ3n) is 4.68. The molecule has 0 spiro atoms. The number of nitrogens with zero attached hydrogens (tertiary/aromatic N) is 2. The molecule has 0 unspecified atom stereocenters. The number of fused-ring (bicyclic) bond motifs is 1. The molecule has 1 amide bonds. The van der Waals surface area contributed by atoms with Crippen molar-refractivity contribution in [2.75, 3.05) is 12.4 Å². The lowest BCUT2D eigenvalue weighted by Gasteiger charge is -2.39. The number of thioether (sulfide) groups is 1. The lowest BCUT2D eigenvalue weighted by Crippen LogP contribution is -2.45. The van der Waals surface area contributed by atoms with E-state index in [9.17, 15) is 9.59 Å². The molecular formula is C21H24N2O3S. The fraction of sp³-hybridized carbons (Fsp3) is 0.381. The van der Waals surface area contributed by atoms with Crippen LogP contribution in [0.15, 0.2) is 53.2 Å². The monoisotopic (exact) mass is 384 g/mol. The highest BCUT2D eigenvalue weighted by atomic mass is 32.2. The number of aliphatic imine (C=N–C) groups is 1. The number of carbonyl (C=O) groups excluding carboxylic acids is 2. The van der Waals surface area contributed by atoms with Gasteiger partial charge in [0, 0.05) is 12.2 Å². The fourth-order valence-corrected chi connectivity index (χ4v) is 4.26. The zero-order valence-corrected chi connectivity index (χ0v) is 16.7. The van der Waals surface area contributed by atoms with Crippen molar-refractivity contribution in [3.05, 3.63) is 59.3 Å². The second-order valence-corrected chi connectivity index (χ2v) is 7.93. The summed E-state index contributed by atoms with van der Waals surface area (Å²) in [6, 6.07) is 7.56. The number of esters is 1. The quantitative estimate of drug-likeness (QED) is 0.564. The van der Waals surface area contributed by atoms with Crippen molar-refractivity contribution < 1.29 is 14.3 Å². The first kappa shape index (κ1) is 19.4. The van der Waals surface area contributed by atoms with Crippen LogP contribution in [0.5, 0.6) is 0 Å². The number of benzene rings is 1. The number of ether oxygens (including phenoxy) is 1. The second kappa shape index (κ2) is 8.13. The van der Waals surface area contributed by atoms with Crippen molar-refractivity contribution in [1.82, 2.24) is 4.90 Å². The Morgan fingerprint density at radius 2 is 2.11 bits per heavy atom. The van der Waals surface area contributed by atoms with Crippen LogP contribution >= 0.6 is 11.8 Å². The van der Waals surface area contributed by atoms with E-state index in [1.165, 1.54) is 11.6 Å². The van der Waals surface area contributed by atoms with Crippen LogP contribution in [-0.4, -0.2) is 34.3 Å². The lowest BCUT2D eigenvalue weighted by molar-refractivity contribution is -0.139. The molecule has 0 radical (unpaired) electrons. The number of allylic oxidation sites excluding steroid dienone is 1. The molecule has 5 nitrogen and oxygen atoms in total. The molecule has 2 aliphatic heterocycles. The number of amides is 1. The standard InChI is InChI=1S/C21H24N2O3S/c1-5-11-26-20(25)18-14(4)22-21-23(17(24)10-12-27-21)19(18)16-8-6-15(7-9-16)13(2)3/h5-9,13,19H,1,10-12H2,2-4H3/t19-/m1/s1. The number of hydrogen-bond donors (Lipinski definition) is 0. The Morgan fingerprint density at radius 3 is 2.74 bits per heavy atom. The molecule has 142 valence electrons. The van der Waals surface area contributed by atoms with Gasteiger partial charge in [-0.3, -0.25) is 9.69 Å². The Kier molecular flexibility index (Phi) is 5.85. The summed E-state index contributed by atoms with van der Waals surface area (Å²) >= 11 is 1.55. The summed E-state index contributed by atoms with van der Waals surface area (Å²) in [5.41, 5.74) is 3.09.